The summed E-state index contributed by atoms with van der Waals surface area (Å²) in [4.78, 5) is 32.0. The lowest BCUT2D eigenvalue weighted by Gasteiger charge is -2.38. The minimum absolute atomic E-state index is 0.00675. The van der Waals surface area contributed by atoms with Crippen molar-refractivity contribution in [1.29, 1.82) is 0 Å². The molecule has 1 aliphatic rings. The van der Waals surface area contributed by atoms with E-state index in [-0.39, 0.29) is 27.2 Å². The molecule has 50 heavy (non-hydrogen) atoms. The fourth-order valence-corrected chi connectivity index (χ4v) is 9.88. The zero-order valence-electron chi connectivity index (χ0n) is 28.2. The number of alkyl halides is 5. The van der Waals surface area contributed by atoms with Crippen LogP contribution in [0.1, 0.15) is 112 Å². The Morgan fingerprint density at radius 3 is 1.98 bits per heavy atom. The smallest absolute Gasteiger partial charge is 0.353 e. The number of likely N-dealkylation sites (tertiary alicyclic amines) is 1. The number of rotatable bonds is 22. The summed E-state index contributed by atoms with van der Waals surface area (Å²) in [6, 6.07) is 3.96. The first-order chi connectivity index (χ1) is 23.3. The Labute approximate surface area is 294 Å². The van der Waals surface area contributed by atoms with E-state index in [4.69, 9.17) is 5.14 Å². The van der Waals surface area contributed by atoms with Crippen LogP contribution in [0.25, 0.3) is 10.2 Å². The van der Waals surface area contributed by atoms with Gasteiger partial charge in [0.2, 0.25) is 20.7 Å². The van der Waals surface area contributed by atoms with Crippen molar-refractivity contribution in [2.45, 2.75) is 114 Å². The lowest BCUT2D eigenvalue weighted by Crippen LogP contribution is -2.58. The number of thiazole rings is 1. The SMILES string of the molecule is CCCCCCCCCCCCCCC(C(=O)NCCS(N)(=O)=O)(c1nc2ccc(C(=O)N3CC(F)(F)C3)cc2s1)S(=O)(=O)CCC(F)(F)F. The molecule has 2 aromatic rings. The Kier molecular flexibility index (Phi) is 15.0. The molecule has 1 atom stereocenters. The molecule has 1 saturated heterocycles. The summed E-state index contributed by atoms with van der Waals surface area (Å²) in [5, 5.41) is 6.96. The molecule has 2 amide bonds. The van der Waals surface area contributed by atoms with E-state index in [2.05, 4.69) is 17.2 Å². The molecule has 0 aliphatic carbocycles. The van der Waals surface area contributed by atoms with Crippen molar-refractivity contribution < 1.29 is 48.4 Å². The second kappa shape index (κ2) is 17.9. The van der Waals surface area contributed by atoms with Gasteiger partial charge >= 0.3 is 6.18 Å². The van der Waals surface area contributed by atoms with E-state index in [9.17, 15) is 48.4 Å². The van der Waals surface area contributed by atoms with Gasteiger partial charge in [0.05, 0.1) is 41.2 Å². The number of sulfone groups is 1. The highest BCUT2D eigenvalue weighted by atomic mass is 32.2. The molecule has 1 fully saturated rings. The number of carbonyl (C=O) groups excluding carboxylic acids is 2. The second-order valence-corrected chi connectivity index (χ2v) is 18.1. The number of carbonyl (C=O) groups is 2. The third-order valence-corrected chi connectivity index (χ3v) is 13.2. The number of aromatic nitrogens is 1. The Balaban J connectivity index is 1.90. The van der Waals surface area contributed by atoms with Crippen molar-refractivity contribution in [3.63, 3.8) is 0 Å². The van der Waals surface area contributed by atoms with Crippen molar-refractivity contribution in [2.75, 3.05) is 31.1 Å². The van der Waals surface area contributed by atoms with E-state index in [0.29, 0.717) is 24.2 Å². The number of benzene rings is 1. The number of unbranched alkanes of at least 4 members (excludes halogenated alkanes) is 11. The summed E-state index contributed by atoms with van der Waals surface area (Å²) >= 11 is 0.691. The van der Waals surface area contributed by atoms with Gasteiger partial charge in [-0.3, -0.25) is 9.59 Å². The number of nitrogens with zero attached hydrogens (tertiary/aromatic N) is 2. The van der Waals surface area contributed by atoms with Crippen LogP contribution in [0.4, 0.5) is 22.0 Å². The van der Waals surface area contributed by atoms with Gasteiger partial charge in [0.25, 0.3) is 11.8 Å². The summed E-state index contributed by atoms with van der Waals surface area (Å²) in [5.74, 6) is -7.12. The van der Waals surface area contributed by atoms with Gasteiger partial charge in [0, 0.05) is 12.1 Å². The average molecular weight is 775 g/mol. The maximum atomic E-state index is 14.0. The Bertz CT molecular complexity index is 1660. The molecule has 0 radical (unpaired) electrons. The van der Waals surface area contributed by atoms with Crippen LogP contribution < -0.4 is 10.5 Å². The Morgan fingerprint density at radius 2 is 1.46 bits per heavy atom. The Morgan fingerprint density at radius 1 is 0.900 bits per heavy atom. The van der Waals surface area contributed by atoms with Crippen LogP contribution in [0.5, 0.6) is 0 Å². The molecule has 1 aromatic carbocycles. The van der Waals surface area contributed by atoms with Gasteiger partial charge in [-0.25, -0.2) is 35.7 Å². The first-order valence-corrected chi connectivity index (χ1v) is 21.1. The van der Waals surface area contributed by atoms with Crippen LogP contribution in [0.2, 0.25) is 0 Å². The molecular formula is C32H47F5N4O6S3. The maximum Gasteiger partial charge on any atom is 0.390 e. The maximum absolute atomic E-state index is 14.0. The van der Waals surface area contributed by atoms with Gasteiger partial charge in [0.15, 0.2) is 9.84 Å². The van der Waals surface area contributed by atoms with Crippen LogP contribution in [-0.2, 0) is 29.4 Å². The molecule has 3 N–H and O–H groups in total. The van der Waals surface area contributed by atoms with E-state index in [0.717, 1.165) is 37.0 Å². The number of primary sulfonamides is 1. The summed E-state index contributed by atoms with van der Waals surface area (Å²) < 4.78 is 116. The van der Waals surface area contributed by atoms with E-state index < -0.39 is 92.5 Å². The molecular weight excluding hydrogens is 728 g/mol. The lowest BCUT2D eigenvalue weighted by atomic mass is 9.98. The van der Waals surface area contributed by atoms with Crippen LogP contribution in [0.15, 0.2) is 18.2 Å². The van der Waals surface area contributed by atoms with E-state index in [1.807, 2.05) is 0 Å². The highest BCUT2D eigenvalue weighted by Crippen LogP contribution is 2.43. The summed E-state index contributed by atoms with van der Waals surface area (Å²) in [6.07, 6.45) is 4.21. The number of amides is 2. The number of halogens is 5. The third kappa shape index (κ3) is 12.1. The zero-order valence-corrected chi connectivity index (χ0v) is 30.7. The normalized spacial score (nSPS) is 16.3. The molecule has 2 heterocycles. The van der Waals surface area contributed by atoms with Gasteiger partial charge in [-0.15, -0.1) is 11.3 Å². The second-order valence-electron chi connectivity index (χ2n) is 13.0. The summed E-state index contributed by atoms with van der Waals surface area (Å²) in [7, 11) is -9.06. The topological polar surface area (TPSA) is 157 Å². The van der Waals surface area contributed by atoms with Crippen molar-refractivity contribution in [3.8, 4) is 0 Å². The molecule has 0 spiro atoms. The number of hydrogen-bond donors (Lipinski definition) is 2. The molecule has 1 unspecified atom stereocenters. The molecule has 18 heteroatoms. The first kappa shape index (κ1) is 42.0. The number of nitrogens with two attached hydrogens (primary N) is 1. The monoisotopic (exact) mass is 774 g/mol. The molecule has 0 bridgehead atoms. The number of fused-ring (bicyclic) bond motifs is 1. The molecule has 10 nitrogen and oxygen atoms in total. The number of nitrogens with one attached hydrogen (secondary N) is 1. The fourth-order valence-electron chi connectivity index (χ4n) is 5.90. The third-order valence-electron chi connectivity index (χ3n) is 8.72. The summed E-state index contributed by atoms with van der Waals surface area (Å²) in [6.45, 7) is 0.0217. The largest absolute Gasteiger partial charge is 0.390 e. The lowest BCUT2D eigenvalue weighted by molar-refractivity contribution is -0.130. The van der Waals surface area contributed by atoms with Gasteiger partial charge in [-0.05, 0) is 24.6 Å². The van der Waals surface area contributed by atoms with Gasteiger partial charge in [-0.1, -0.05) is 84.0 Å². The molecule has 1 aromatic heterocycles. The molecule has 284 valence electrons. The highest BCUT2D eigenvalue weighted by molar-refractivity contribution is 7.93. The van der Waals surface area contributed by atoms with Crippen LogP contribution in [-0.4, -0.2) is 81.8 Å². The molecule has 3 rings (SSSR count). The van der Waals surface area contributed by atoms with Crippen molar-refractivity contribution in [3.05, 3.63) is 28.8 Å². The minimum Gasteiger partial charge on any atom is -0.353 e. The van der Waals surface area contributed by atoms with Gasteiger partial charge in [-0.2, -0.15) is 13.2 Å². The molecule has 0 saturated carbocycles. The average Bonchev–Trinajstić information content (AvgIpc) is 3.43. The van der Waals surface area contributed by atoms with Gasteiger partial charge in [0.1, 0.15) is 5.01 Å². The van der Waals surface area contributed by atoms with Crippen LogP contribution in [0, 0.1) is 0 Å². The molecule has 1 aliphatic heterocycles. The van der Waals surface area contributed by atoms with Crippen LogP contribution >= 0.6 is 11.3 Å². The fraction of sp³-hybridized carbons (Fsp3) is 0.719. The van der Waals surface area contributed by atoms with E-state index in [1.165, 1.54) is 43.9 Å². The van der Waals surface area contributed by atoms with Crippen molar-refractivity contribution >= 4 is 53.2 Å². The predicted molar refractivity (Wildman–Crippen MR) is 183 cm³/mol. The van der Waals surface area contributed by atoms with Gasteiger partial charge < -0.3 is 10.2 Å². The minimum atomic E-state index is -4.97. The zero-order chi connectivity index (χ0) is 37.2. The standard InChI is InChI=1S/C32H47F5N4O6S3/c1-2-3-4-5-6-7-8-9-10-11-12-13-16-31(28(43)39-18-20-50(38,46)47,49(44,45)19-17-32(35,36)37)29-40-25-15-14-24(21-26(25)48-29)27(42)41-22-30(33,34)23-41/h14-15,21H,2-13,16-20,22-23H2,1H3,(H,39,43)(H2,38,46,47). The quantitative estimate of drug-likeness (QED) is 0.103. The van der Waals surface area contributed by atoms with Crippen molar-refractivity contribution in [1.82, 2.24) is 15.2 Å². The van der Waals surface area contributed by atoms with E-state index in [1.54, 1.807) is 0 Å². The summed E-state index contributed by atoms with van der Waals surface area (Å²) in [5.41, 5.74) is 0.144. The van der Waals surface area contributed by atoms with Crippen molar-refractivity contribution in [2.24, 2.45) is 5.14 Å². The highest BCUT2D eigenvalue weighted by Gasteiger charge is 2.54. The first-order valence-electron chi connectivity index (χ1n) is 17.0. The predicted octanol–water partition coefficient (Wildman–Crippen LogP) is 6.45. The van der Waals surface area contributed by atoms with E-state index >= 15 is 0 Å². The number of sulfonamides is 1. The van der Waals surface area contributed by atoms with Crippen LogP contribution in [0.3, 0.4) is 0 Å². The number of hydrogen-bond acceptors (Lipinski definition) is 8. The Hall–Kier alpha value is -2.44.